The third-order valence-corrected chi connectivity index (χ3v) is 3.35. The van der Waals surface area contributed by atoms with E-state index in [1.54, 1.807) is 12.1 Å². The minimum absolute atomic E-state index is 0.0563. The van der Waals surface area contributed by atoms with Crippen LogP contribution in [0.2, 0.25) is 0 Å². The summed E-state index contributed by atoms with van der Waals surface area (Å²) in [6, 6.07) is 6.73. The van der Waals surface area contributed by atoms with Crippen molar-refractivity contribution in [3.63, 3.8) is 0 Å². The van der Waals surface area contributed by atoms with Gasteiger partial charge in [-0.05, 0) is 12.1 Å². The Hall–Kier alpha value is -3.45. The summed E-state index contributed by atoms with van der Waals surface area (Å²) in [7, 11) is 2.95. The van der Waals surface area contributed by atoms with Gasteiger partial charge in [0.15, 0.2) is 22.9 Å². The molecule has 0 radical (unpaired) electrons. The number of ether oxygens (including phenoxy) is 2. The first-order valence-electron chi connectivity index (χ1n) is 6.18. The van der Waals surface area contributed by atoms with Crippen LogP contribution < -0.4 is 9.47 Å². The van der Waals surface area contributed by atoms with E-state index in [0.29, 0.717) is 22.6 Å². The number of fused-ring (bicyclic) bond motifs is 3. The third-order valence-electron chi connectivity index (χ3n) is 3.35. The Balaban J connectivity index is 2.32. The molecular weight excluding hydrogens is 284 g/mol. The van der Waals surface area contributed by atoms with E-state index in [1.165, 1.54) is 20.3 Å². The van der Waals surface area contributed by atoms with Gasteiger partial charge in [-0.1, -0.05) is 0 Å². The molecule has 1 aromatic carbocycles. The van der Waals surface area contributed by atoms with Gasteiger partial charge in [0.05, 0.1) is 14.2 Å². The van der Waals surface area contributed by atoms with Crippen molar-refractivity contribution in [3.8, 4) is 34.9 Å². The number of hydrogen-bond donors (Lipinski definition) is 0. The molecule has 0 amide bonds. The van der Waals surface area contributed by atoms with Gasteiger partial charge in [-0.25, -0.2) is 9.97 Å². The first kappa shape index (κ1) is 13.5. The molecule has 22 heavy (non-hydrogen) atoms. The van der Waals surface area contributed by atoms with Gasteiger partial charge in [0.1, 0.15) is 23.5 Å². The molecule has 2 aromatic rings. The molecule has 0 fully saturated rings. The lowest BCUT2D eigenvalue weighted by atomic mass is 10.1. The Morgan fingerprint density at radius 3 is 1.91 bits per heavy atom. The van der Waals surface area contributed by atoms with Crippen LogP contribution in [0.5, 0.6) is 11.5 Å². The molecule has 0 bridgehead atoms. The zero-order chi connectivity index (χ0) is 15.9. The van der Waals surface area contributed by atoms with Crippen molar-refractivity contribution in [3.05, 3.63) is 34.8 Å². The summed E-state index contributed by atoms with van der Waals surface area (Å²) in [6.45, 7) is 0. The largest absolute Gasteiger partial charge is 0.493 e. The number of carbonyl (C=O) groups excluding carboxylic acids is 1. The van der Waals surface area contributed by atoms with Crippen LogP contribution in [-0.4, -0.2) is 30.0 Å². The lowest BCUT2D eigenvalue weighted by Crippen LogP contribution is -2.04. The van der Waals surface area contributed by atoms with Crippen molar-refractivity contribution in [2.45, 2.75) is 0 Å². The third kappa shape index (κ3) is 1.70. The Bertz CT molecular complexity index is 906. The maximum Gasteiger partial charge on any atom is 0.214 e. The fraction of sp³-hybridized carbons (Fsp3) is 0.133. The second-order valence-electron chi connectivity index (χ2n) is 4.42. The zero-order valence-electron chi connectivity index (χ0n) is 11.7. The normalized spacial score (nSPS) is 11.2. The molecule has 0 saturated carbocycles. The maximum atomic E-state index is 12.4. The summed E-state index contributed by atoms with van der Waals surface area (Å²) in [5.41, 5.74) is 0.910. The van der Waals surface area contributed by atoms with Crippen LogP contribution >= 0.6 is 0 Å². The van der Waals surface area contributed by atoms with E-state index in [9.17, 15) is 4.79 Å². The van der Waals surface area contributed by atoms with E-state index >= 15 is 0 Å². The lowest BCUT2D eigenvalue weighted by molar-refractivity contribution is 0.103. The van der Waals surface area contributed by atoms with Gasteiger partial charge in [-0.15, -0.1) is 0 Å². The first-order chi connectivity index (χ1) is 10.6. The van der Waals surface area contributed by atoms with E-state index in [4.69, 9.17) is 20.0 Å². The molecule has 0 N–H and O–H groups in total. The lowest BCUT2D eigenvalue weighted by Gasteiger charge is -2.09. The molecule has 0 aliphatic heterocycles. The maximum absolute atomic E-state index is 12.4. The number of ketones is 1. The summed E-state index contributed by atoms with van der Waals surface area (Å²) in [5.74, 6) is 0.481. The van der Waals surface area contributed by atoms with E-state index in [-0.39, 0.29) is 28.6 Å². The zero-order valence-corrected chi connectivity index (χ0v) is 11.7. The van der Waals surface area contributed by atoms with Gasteiger partial charge < -0.3 is 9.47 Å². The van der Waals surface area contributed by atoms with Gasteiger partial charge in [0.25, 0.3) is 0 Å². The highest BCUT2D eigenvalue weighted by Gasteiger charge is 2.33. The van der Waals surface area contributed by atoms with Crippen LogP contribution in [0.25, 0.3) is 11.3 Å². The smallest absolute Gasteiger partial charge is 0.214 e. The van der Waals surface area contributed by atoms with Crippen molar-refractivity contribution < 1.29 is 14.3 Å². The summed E-state index contributed by atoms with van der Waals surface area (Å²) >= 11 is 0. The molecule has 1 aliphatic carbocycles. The van der Waals surface area contributed by atoms with Gasteiger partial charge in [0, 0.05) is 11.1 Å². The van der Waals surface area contributed by atoms with E-state index in [2.05, 4.69) is 9.97 Å². The van der Waals surface area contributed by atoms with Crippen LogP contribution in [0.15, 0.2) is 12.1 Å². The fourth-order valence-corrected chi connectivity index (χ4v) is 2.33. The second-order valence-corrected chi connectivity index (χ2v) is 4.42. The highest BCUT2D eigenvalue weighted by atomic mass is 16.5. The molecule has 0 unspecified atom stereocenters. The van der Waals surface area contributed by atoms with Crippen LogP contribution in [0, 0.1) is 22.7 Å². The molecule has 1 heterocycles. The standard InChI is InChI=1S/C15H8N4O3/c1-21-11-3-7-8(4-12(11)22-2)15(20)14-13(7)18-9(5-16)10(6-17)19-14/h3-4H,1-2H3. The minimum Gasteiger partial charge on any atom is -0.493 e. The second kappa shape index (κ2) is 4.83. The number of methoxy groups -OCH3 is 2. The Kier molecular flexibility index (Phi) is 2.97. The summed E-state index contributed by atoms with van der Waals surface area (Å²) in [4.78, 5) is 20.5. The molecule has 7 heteroatoms. The predicted octanol–water partition coefficient (Wildman–Crippen LogP) is 1.45. The molecular formula is C15H8N4O3. The summed E-state index contributed by atoms with van der Waals surface area (Å²) in [5, 5.41) is 18.0. The van der Waals surface area contributed by atoms with E-state index < -0.39 is 0 Å². The highest BCUT2D eigenvalue weighted by Crippen LogP contribution is 2.41. The summed E-state index contributed by atoms with van der Waals surface area (Å²) in [6.07, 6.45) is 0. The average molecular weight is 292 g/mol. The number of benzene rings is 1. The topological polar surface area (TPSA) is 109 Å². The molecule has 3 rings (SSSR count). The van der Waals surface area contributed by atoms with Crippen LogP contribution in [-0.2, 0) is 0 Å². The SMILES string of the molecule is COc1cc2c(cc1OC)-c1nc(C#N)c(C#N)nc1C2=O. The number of aromatic nitrogens is 2. The Morgan fingerprint density at radius 1 is 0.909 bits per heavy atom. The van der Waals surface area contributed by atoms with Gasteiger partial charge in [0.2, 0.25) is 5.78 Å². The Labute approximate surface area is 125 Å². The average Bonchev–Trinajstić information content (AvgIpc) is 2.83. The van der Waals surface area contributed by atoms with Crippen LogP contribution in [0.4, 0.5) is 0 Å². The van der Waals surface area contributed by atoms with Crippen LogP contribution in [0.3, 0.4) is 0 Å². The van der Waals surface area contributed by atoms with Crippen LogP contribution in [0.1, 0.15) is 27.4 Å². The highest BCUT2D eigenvalue weighted by molar-refractivity contribution is 6.20. The van der Waals surface area contributed by atoms with Gasteiger partial charge in [-0.3, -0.25) is 4.79 Å². The molecule has 7 nitrogen and oxygen atoms in total. The number of nitrogens with zero attached hydrogens (tertiary/aromatic N) is 4. The molecule has 0 atom stereocenters. The monoisotopic (exact) mass is 292 g/mol. The number of hydrogen-bond acceptors (Lipinski definition) is 7. The van der Waals surface area contributed by atoms with Crippen molar-refractivity contribution in [2.24, 2.45) is 0 Å². The van der Waals surface area contributed by atoms with E-state index in [1.807, 2.05) is 6.07 Å². The number of nitriles is 2. The number of carbonyl (C=O) groups is 1. The van der Waals surface area contributed by atoms with Gasteiger partial charge in [-0.2, -0.15) is 10.5 Å². The fourth-order valence-electron chi connectivity index (χ4n) is 2.33. The molecule has 1 aliphatic rings. The molecule has 106 valence electrons. The van der Waals surface area contributed by atoms with Crippen molar-refractivity contribution >= 4 is 5.78 Å². The predicted molar refractivity (Wildman–Crippen MR) is 73.4 cm³/mol. The first-order valence-corrected chi connectivity index (χ1v) is 6.18. The van der Waals surface area contributed by atoms with Crippen molar-refractivity contribution in [1.29, 1.82) is 10.5 Å². The Morgan fingerprint density at radius 2 is 1.41 bits per heavy atom. The molecule has 1 aromatic heterocycles. The minimum atomic E-state index is -0.362. The summed E-state index contributed by atoms with van der Waals surface area (Å²) < 4.78 is 10.4. The number of rotatable bonds is 2. The quantitative estimate of drug-likeness (QED) is 0.703. The molecule has 0 saturated heterocycles. The van der Waals surface area contributed by atoms with E-state index in [0.717, 1.165) is 0 Å². The molecule has 0 spiro atoms. The van der Waals surface area contributed by atoms with Crippen molar-refractivity contribution in [1.82, 2.24) is 9.97 Å². The van der Waals surface area contributed by atoms with Gasteiger partial charge >= 0.3 is 0 Å². The van der Waals surface area contributed by atoms with Crippen molar-refractivity contribution in [2.75, 3.05) is 14.2 Å².